The first kappa shape index (κ1) is 14.4. The quantitative estimate of drug-likeness (QED) is 0.650. The highest BCUT2D eigenvalue weighted by atomic mass is 16.5. The van der Waals surface area contributed by atoms with Crippen molar-refractivity contribution in [2.45, 2.75) is 45.8 Å². The summed E-state index contributed by atoms with van der Waals surface area (Å²) < 4.78 is 4.69. The minimum Gasteiger partial charge on any atom is -0.468 e. The van der Waals surface area contributed by atoms with E-state index in [1.54, 1.807) is 6.92 Å². The molecule has 0 amide bonds. The molecule has 0 aromatic heterocycles. The lowest BCUT2D eigenvalue weighted by molar-refractivity contribution is -0.144. The van der Waals surface area contributed by atoms with Crippen molar-refractivity contribution in [3.05, 3.63) is 0 Å². The van der Waals surface area contributed by atoms with Crippen LogP contribution in [0.2, 0.25) is 0 Å². The number of nitrogens with one attached hydrogen (secondary N) is 1. The lowest BCUT2D eigenvalue weighted by Crippen LogP contribution is -2.48. The summed E-state index contributed by atoms with van der Waals surface area (Å²) >= 11 is 0. The first-order valence-corrected chi connectivity index (χ1v) is 5.37. The van der Waals surface area contributed by atoms with Gasteiger partial charge in [0.1, 0.15) is 6.04 Å². The van der Waals surface area contributed by atoms with Crippen LogP contribution >= 0.6 is 0 Å². The molecule has 15 heavy (non-hydrogen) atoms. The normalized spacial score (nSPS) is 17.3. The first-order chi connectivity index (χ1) is 6.84. The van der Waals surface area contributed by atoms with Crippen LogP contribution in [0.3, 0.4) is 0 Å². The number of hydrogen-bond donors (Lipinski definition) is 2. The van der Waals surface area contributed by atoms with Crippen molar-refractivity contribution < 1.29 is 14.6 Å². The summed E-state index contributed by atoms with van der Waals surface area (Å²) in [6, 6.07) is -0.354. The van der Waals surface area contributed by atoms with E-state index in [4.69, 9.17) is 0 Å². The van der Waals surface area contributed by atoms with Gasteiger partial charge in [-0.05, 0) is 19.3 Å². The summed E-state index contributed by atoms with van der Waals surface area (Å²) in [6.45, 7) is 7.92. The Labute approximate surface area is 92.0 Å². The third-order valence-corrected chi connectivity index (χ3v) is 2.59. The highest BCUT2D eigenvalue weighted by Gasteiger charge is 2.26. The molecule has 2 atom stereocenters. The lowest BCUT2D eigenvalue weighted by atomic mass is 10.0. The molecule has 90 valence electrons. The van der Waals surface area contributed by atoms with E-state index >= 15 is 0 Å². The van der Waals surface area contributed by atoms with Gasteiger partial charge >= 0.3 is 5.97 Å². The van der Waals surface area contributed by atoms with Gasteiger partial charge in [-0.25, -0.2) is 0 Å². The van der Waals surface area contributed by atoms with Gasteiger partial charge in [-0.3, -0.25) is 4.79 Å². The molecule has 0 heterocycles. The molecule has 0 bridgehead atoms. The van der Waals surface area contributed by atoms with Gasteiger partial charge < -0.3 is 15.2 Å². The van der Waals surface area contributed by atoms with Crippen LogP contribution in [0.4, 0.5) is 0 Å². The van der Waals surface area contributed by atoms with E-state index in [0.29, 0.717) is 13.0 Å². The number of esters is 1. The van der Waals surface area contributed by atoms with E-state index in [-0.39, 0.29) is 17.9 Å². The molecule has 4 nitrogen and oxygen atoms in total. The molecule has 0 aliphatic rings. The maximum Gasteiger partial charge on any atom is 0.323 e. The van der Waals surface area contributed by atoms with Crippen molar-refractivity contribution in [1.29, 1.82) is 0 Å². The average molecular weight is 217 g/mol. The standard InChI is InChI=1S/C11H23NO3/c1-6-11(4,14)7-12-9(8(2)3)10(13)15-5/h8-9,12,14H,6-7H2,1-5H3. The second kappa shape index (κ2) is 6.08. The van der Waals surface area contributed by atoms with E-state index in [1.807, 2.05) is 20.8 Å². The summed E-state index contributed by atoms with van der Waals surface area (Å²) in [5.41, 5.74) is -0.777. The van der Waals surface area contributed by atoms with Crippen LogP contribution in [0.1, 0.15) is 34.1 Å². The first-order valence-electron chi connectivity index (χ1n) is 5.37. The number of rotatable bonds is 6. The van der Waals surface area contributed by atoms with Crippen LogP contribution in [-0.2, 0) is 9.53 Å². The van der Waals surface area contributed by atoms with E-state index in [2.05, 4.69) is 10.1 Å². The molecule has 0 aliphatic heterocycles. The maximum atomic E-state index is 11.4. The van der Waals surface area contributed by atoms with E-state index in [9.17, 15) is 9.90 Å². The maximum absolute atomic E-state index is 11.4. The summed E-state index contributed by atoms with van der Waals surface area (Å²) in [6.07, 6.45) is 0.645. The Morgan fingerprint density at radius 1 is 1.53 bits per heavy atom. The van der Waals surface area contributed by atoms with Gasteiger partial charge in [-0.2, -0.15) is 0 Å². The molecule has 0 rings (SSSR count). The van der Waals surface area contributed by atoms with Crippen LogP contribution < -0.4 is 5.32 Å². The molecule has 2 N–H and O–H groups in total. The summed E-state index contributed by atoms with van der Waals surface area (Å²) in [7, 11) is 1.37. The molecule has 2 unspecified atom stereocenters. The van der Waals surface area contributed by atoms with Crippen LogP contribution in [0.15, 0.2) is 0 Å². The molecule has 0 saturated carbocycles. The monoisotopic (exact) mass is 217 g/mol. The van der Waals surface area contributed by atoms with Crippen LogP contribution in [0.5, 0.6) is 0 Å². The van der Waals surface area contributed by atoms with Crippen molar-refractivity contribution in [2.24, 2.45) is 5.92 Å². The van der Waals surface area contributed by atoms with Crippen LogP contribution in [0, 0.1) is 5.92 Å². The Kier molecular flexibility index (Phi) is 5.83. The second-order valence-electron chi connectivity index (χ2n) is 4.48. The molecule has 0 radical (unpaired) electrons. The zero-order valence-corrected chi connectivity index (χ0v) is 10.3. The predicted octanol–water partition coefficient (Wildman–Crippen LogP) is 0.935. The zero-order valence-electron chi connectivity index (χ0n) is 10.3. The smallest absolute Gasteiger partial charge is 0.323 e. The fraction of sp³-hybridized carbons (Fsp3) is 0.909. The second-order valence-corrected chi connectivity index (χ2v) is 4.48. The Bertz CT molecular complexity index is 202. The fourth-order valence-electron chi connectivity index (χ4n) is 1.17. The number of methoxy groups -OCH3 is 1. The zero-order chi connectivity index (χ0) is 12.1. The third-order valence-electron chi connectivity index (χ3n) is 2.59. The molecular formula is C11H23NO3. The minimum absolute atomic E-state index is 0.144. The van der Waals surface area contributed by atoms with Crippen LogP contribution in [0.25, 0.3) is 0 Å². The van der Waals surface area contributed by atoms with Crippen molar-refractivity contribution in [2.75, 3.05) is 13.7 Å². The van der Waals surface area contributed by atoms with Gasteiger partial charge in [0.2, 0.25) is 0 Å². The van der Waals surface area contributed by atoms with Gasteiger partial charge in [0.15, 0.2) is 0 Å². The highest BCUT2D eigenvalue weighted by Crippen LogP contribution is 2.09. The lowest BCUT2D eigenvalue weighted by Gasteiger charge is -2.26. The number of aliphatic hydroxyl groups is 1. The highest BCUT2D eigenvalue weighted by molar-refractivity contribution is 5.75. The van der Waals surface area contributed by atoms with Crippen molar-refractivity contribution in [1.82, 2.24) is 5.32 Å². The van der Waals surface area contributed by atoms with Gasteiger partial charge in [0, 0.05) is 6.54 Å². The number of hydrogen-bond acceptors (Lipinski definition) is 4. The summed E-state index contributed by atoms with van der Waals surface area (Å²) in [5.74, 6) is -0.137. The molecular weight excluding hydrogens is 194 g/mol. The Morgan fingerprint density at radius 3 is 2.40 bits per heavy atom. The molecule has 0 saturated heterocycles. The molecule has 0 fully saturated rings. The van der Waals surface area contributed by atoms with Crippen molar-refractivity contribution in [3.63, 3.8) is 0 Å². The average Bonchev–Trinajstić information content (AvgIpc) is 2.17. The third kappa shape index (κ3) is 5.14. The van der Waals surface area contributed by atoms with Crippen molar-refractivity contribution in [3.8, 4) is 0 Å². The van der Waals surface area contributed by atoms with E-state index in [0.717, 1.165) is 0 Å². The van der Waals surface area contributed by atoms with Crippen LogP contribution in [-0.4, -0.2) is 36.4 Å². The Morgan fingerprint density at radius 2 is 2.07 bits per heavy atom. The van der Waals surface area contributed by atoms with E-state index < -0.39 is 5.60 Å². The molecule has 0 aliphatic carbocycles. The van der Waals surface area contributed by atoms with Gasteiger partial charge in [-0.1, -0.05) is 20.8 Å². The number of ether oxygens (including phenoxy) is 1. The fourth-order valence-corrected chi connectivity index (χ4v) is 1.17. The van der Waals surface area contributed by atoms with Crippen molar-refractivity contribution >= 4 is 5.97 Å². The topological polar surface area (TPSA) is 58.6 Å². The molecule has 0 aromatic rings. The number of carbonyl (C=O) groups excluding carboxylic acids is 1. The predicted molar refractivity (Wildman–Crippen MR) is 59.6 cm³/mol. The van der Waals surface area contributed by atoms with Gasteiger partial charge in [0.25, 0.3) is 0 Å². The summed E-state index contributed by atoms with van der Waals surface area (Å²) in [4.78, 5) is 11.4. The Hall–Kier alpha value is -0.610. The summed E-state index contributed by atoms with van der Waals surface area (Å²) in [5, 5.41) is 12.8. The SMILES string of the molecule is CCC(C)(O)CNC(C(=O)OC)C(C)C. The molecule has 0 spiro atoms. The molecule has 4 heteroatoms. The minimum atomic E-state index is -0.777. The number of carbonyl (C=O) groups is 1. The van der Waals surface area contributed by atoms with Gasteiger partial charge in [-0.15, -0.1) is 0 Å². The van der Waals surface area contributed by atoms with Gasteiger partial charge in [0.05, 0.1) is 12.7 Å². The Balaban J connectivity index is 4.26. The van der Waals surface area contributed by atoms with E-state index in [1.165, 1.54) is 7.11 Å². The molecule has 0 aromatic carbocycles. The largest absolute Gasteiger partial charge is 0.468 e.